The van der Waals surface area contributed by atoms with Crippen molar-refractivity contribution >= 4 is 15.9 Å². The first kappa shape index (κ1) is 22.0. The summed E-state index contributed by atoms with van der Waals surface area (Å²) in [6, 6.07) is 13.9. The molecule has 33 heavy (non-hydrogen) atoms. The lowest BCUT2D eigenvalue weighted by molar-refractivity contribution is 0.0883. The fraction of sp³-hybridized carbons (Fsp3) is 0.0870. The van der Waals surface area contributed by atoms with Crippen LogP contribution >= 0.6 is 0 Å². The van der Waals surface area contributed by atoms with E-state index in [4.69, 9.17) is 0 Å². The van der Waals surface area contributed by atoms with Crippen LogP contribution in [0, 0.1) is 6.92 Å². The van der Waals surface area contributed by atoms with E-state index >= 15 is 0 Å². The summed E-state index contributed by atoms with van der Waals surface area (Å²) < 4.78 is 28.6. The summed E-state index contributed by atoms with van der Waals surface area (Å²) in [5.41, 5.74) is 2.29. The minimum absolute atomic E-state index is 0.118. The van der Waals surface area contributed by atoms with Crippen molar-refractivity contribution in [1.29, 1.82) is 0 Å². The van der Waals surface area contributed by atoms with E-state index in [0.717, 1.165) is 30.4 Å². The molecule has 2 aromatic heterocycles. The van der Waals surface area contributed by atoms with Gasteiger partial charge in [-0.15, -0.1) is 0 Å². The number of sulfonamides is 1. The van der Waals surface area contributed by atoms with Crippen LogP contribution in [0.25, 0.3) is 16.9 Å². The first-order chi connectivity index (χ1) is 15.7. The molecule has 0 spiro atoms. The number of carbonyl (C=O) groups excluding carboxylic acids is 1. The zero-order valence-corrected chi connectivity index (χ0v) is 18.6. The second-order valence-electron chi connectivity index (χ2n) is 7.27. The second-order valence-corrected chi connectivity index (χ2v) is 9.20. The fourth-order valence-electron chi connectivity index (χ4n) is 3.40. The van der Waals surface area contributed by atoms with Gasteiger partial charge in [0.05, 0.1) is 17.6 Å². The highest BCUT2D eigenvalue weighted by molar-refractivity contribution is 7.89. The van der Waals surface area contributed by atoms with E-state index in [1.54, 1.807) is 10.7 Å². The molecule has 0 aliphatic carbocycles. The topological polar surface area (TPSA) is 126 Å². The molecule has 10 heteroatoms. The van der Waals surface area contributed by atoms with Crippen molar-refractivity contribution in [2.24, 2.45) is 0 Å². The number of benzene rings is 2. The number of rotatable bonds is 5. The van der Waals surface area contributed by atoms with Crippen LogP contribution in [0.5, 0.6) is 11.5 Å². The summed E-state index contributed by atoms with van der Waals surface area (Å²) >= 11 is 0. The van der Waals surface area contributed by atoms with Gasteiger partial charge in [0, 0.05) is 36.6 Å². The number of hydrogen-bond donors (Lipinski definition) is 2. The molecule has 0 aliphatic heterocycles. The number of amides is 1. The van der Waals surface area contributed by atoms with Gasteiger partial charge in [-0.3, -0.25) is 9.78 Å². The van der Waals surface area contributed by atoms with Gasteiger partial charge in [-0.05, 0) is 42.8 Å². The first-order valence-corrected chi connectivity index (χ1v) is 11.3. The SMILES string of the molecule is Cc1ccccc1-n1nccc1-c1cc(S(=O)(=O)N(C)C(=O)c2ccncc2)c(O)cc1O. The number of phenolic OH excluding ortho intramolecular Hbond substituents is 2. The maximum absolute atomic E-state index is 13.2. The Kier molecular flexibility index (Phi) is 5.60. The number of aromatic hydroxyl groups is 2. The van der Waals surface area contributed by atoms with E-state index in [1.807, 2.05) is 31.2 Å². The van der Waals surface area contributed by atoms with E-state index < -0.39 is 26.6 Å². The molecule has 0 saturated heterocycles. The van der Waals surface area contributed by atoms with Crippen molar-refractivity contribution in [3.8, 4) is 28.4 Å². The number of phenols is 2. The number of nitrogens with zero attached hydrogens (tertiary/aromatic N) is 4. The molecule has 1 amide bonds. The van der Waals surface area contributed by atoms with Crippen LogP contribution in [0.15, 0.2) is 78.1 Å². The van der Waals surface area contributed by atoms with Crippen molar-refractivity contribution < 1.29 is 23.4 Å². The van der Waals surface area contributed by atoms with E-state index in [0.29, 0.717) is 10.00 Å². The van der Waals surface area contributed by atoms with E-state index in [1.165, 1.54) is 30.7 Å². The van der Waals surface area contributed by atoms with Gasteiger partial charge < -0.3 is 10.2 Å². The van der Waals surface area contributed by atoms with Crippen LogP contribution in [-0.2, 0) is 10.0 Å². The van der Waals surface area contributed by atoms with Crippen molar-refractivity contribution in [3.05, 3.63) is 84.3 Å². The highest BCUT2D eigenvalue weighted by Gasteiger charge is 2.31. The third kappa shape index (κ3) is 3.92. The molecule has 9 nitrogen and oxygen atoms in total. The molecule has 0 bridgehead atoms. The molecule has 2 N–H and O–H groups in total. The van der Waals surface area contributed by atoms with Gasteiger partial charge in [-0.25, -0.2) is 17.4 Å². The third-order valence-electron chi connectivity index (χ3n) is 5.19. The zero-order valence-electron chi connectivity index (χ0n) is 17.7. The molecule has 2 heterocycles. The van der Waals surface area contributed by atoms with Crippen LogP contribution < -0.4 is 0 Å². The summed E-state index contributed by atoms with van der Waals surface area (Å²) in [5, 5.41) is 25.2. The van der Waals surface area contributed by atoms with Crippen LogP contribution in [-0.4, -0.2) is 50.7 Å². The number of aromatic nitrogens is 3. The second kappa shape index (κ2) is 8.40. The quantitative estimate of drug-likeness (QED) is 0.465. The number of carbonyl (C=O) groups is 1. The molecule has 0 fully saturated rings. The van der Waals surface area contributed by atoms with Gasteiger partial charge in [-0.1, -0.05) is 18.2 Å². The first-order valence-electron chi connectivity index (χ1n) is 9.81. The maximum Gasteiger partial charge on any atom is 0.270 e. The number of hydrogen-bond acceptors (Lipinski definition) is 7. The van der Waals surface area contributed by atoms with Gasteiger partial charge >= 0.3 is 0 Å². The van der Waals surface area contributed by atoms with Crippen molar-refractivity contribution in [3.63, 3.8) is 0 Å². The zero-order chi connectivity index (χ0) is 23.8. The smallest absolute Gasteiger partial charge is 0.270 e. The number of pyridine rings is 1. The Morgan fingerprint density at radius 1 is 0.970 bits per heavy atom. The lowest BCUT2D eigenvalue weighted by atomic mass is 10.1. The Labute approximate surface area is 190 Å². The minimum atomic E-state index is -4.46. The van der Waals surface area contributed by atoms with Gasteiger partial charge in [0.25, 0.3) is 15.9 Å². The van der Waals surface area contributed by atoms with Crippen molar-refractivity contribution in [2.75, 3.05) is 7.05 Å². The average molecular weight is 465 g/mol. The summed E-state index contributed by atoms with van der Waals surface area (Å²) in [5.74, 6) is -1.83. The normalized spacial score (nSPS) is 11.3. The molecule has 4 rings (SSSR count). The summed E-state index contributed by atoms with van der Waals surface area (Å²) in [7, 11) is -3.36. The molecule has 2 aromatic carbocycles. The number of para-hydroxylation sites is 1. The highest BCUT2D eigenvalue weighted by Crippen LogP contribution is 2.38. The summed E-state index contributed by atoms with van der Waals surface area (Å²) in [6.45, 7) is 1.90. The lowest BCUT2D eigenvalue weighted by Crippen LogP contribution is -2.33. The number of aryl methyl sites for hydroxylation is 1. The lowest BCUT2D eigenvalue weighted by Gasteiger charge is -2.19. The largest absolute Gasteiger partial charge is 0.507 e. The third-order valence-corrected chi connectivity index (χ3v) is 6.96. The predicted molar refractivity (Wildman–Crippen MR) is 121 cm³/mol. The average Bonchev–Trinajstić information content (AvgIpc) is 3.28. The van der Waals surface area contributed by atoms with Gasteiger partial charge in [-0.2, -0.15) is 5.10 Å². The highest BCUT2D eigenvalue weighted by atomic mass is 32.2. The molecule has 0 unspecified atom stereocenters. The van der Waals surface area contributed by atoms with Crippen molar-refractivity contribution in [2.45, 2.75) is 11.8 Å². The molecule has 0 atom stereocenters. The van der Waals surface area contributed by atoms with Gasteiger partial charge in [0.15, 0.2) is 0 Å². The molecular formula is C23H20N4O5S. The van der Waals surface area contributed by atoms with E-state index in [9.17, 15) is 23.4 Å². The molecule has 0 radical (unpaired) electrons. The Bertz CT molecular complexity index is 1450. The van der Waals surface area contributed by atoms with Crippen LogP contribution in [0.4, 0.5) is 0 Å². The van der Waals surface area contributed by atoms with Crippen LogP contribution in [0.3, 0.4) is 0 Å². The predicted octanol–water partition coefficient (Wildman–Crippen LogP) is 3.11. The Morgan fingerprint density at radius 3 is 2.36 bits per heavy atom. The van der Waals surface area contributed by atoms with Crippen LogP contribution in [0.1, 0.15) is 15.9 Å². The maximum atomic E-state index is 13.2. The van der Waals surface area contributed by atoms with Crippen LogP contribution in [0.2, 0.25) is 0 Å². The molecule has 0 saturated carbocycles. The van der Waals surface area contributed by atoms with E-state index in [-0.39, 0.29) is 16.9 Å². The standard InChI is InChI=1S/C23H20N4O5S/c1-15-5-3-4-6-18(15)27-19(9-12-25-27)17-13-22(21(29)14-20(17)28)33(31,32)26(2)23(30)16-7-10-24-11-8-16/h3-14,28-29H,1-2H3. The van der Waals surface area contributed by atoms with Gasteiger partial charge in [0.2, 0.25) is 0 Å². The fourth-order valence-corrected chi connectivity index (χ4v) is 4.61. The molecule has 0 aliphatic rings. The van der Waals surface area contributed by atoms with Crippen molar-refractivity contribution in [1.82, 2.24) is 19.1 Å². The Morgan fingerprint density at radius 2 is 1.67 bits per heavy atom. The van der Waals surface area contributed by atoms with Gasteiger partial charge in [0.1, 0.15) is 16.4 Å². The minimum Gasteiger partial charge on any atom is -0.507 e. The summed E-state index contributed by atoms with van der Waals surface area (Å²) in [4.78, 5) is 16.0. The molecular weight excluding hydrogens is 444 g/mol. The monoisotopic (exact) mass is 464 g/mol. The Hall–Kier alpha value is -4.18. The molecule has 168 valence electrons. The summed E-state index contributed by atoms with van der Waals surface area (Å²) in [6.07, 6.45) is 4.26. The van der Waals surface area contributed by atoms with E-state index in [2.05, 4.69) is 10.1 Å². The molecule has 4 aromatic rings. The Balaban J connectivity index is 1.82.